The van der Waals surface area contributed by atoms with Gasteiger partial charge in [-0.3, -0.25) is 4.79 Å². The fourth-order valence-corrected chi connectivity index (χ4v) is 4.87. The molecule has 0 saturated carbocycles. The smallest absolute Gasteiger partial charge is 0.410 e. The minimum absolute atomic E-state index is 0.174. The van der Waals surface area contributed by atoms with Crippen molar-refractivity contribution in [2.24, 2.45) is 5.92 Å². The number of hydrogen-bond donors (Lipinski definition) is 1. The number of benzene rings is 1. The molecule has 1 aromatic carbocycles. The predicted molar refractivity (Wildman–Crippen MR) is 148 cm³/mol. The normalized spacial score (nSPS) is 18.8. The van der Waals surface area contributed by atoms with Gasteiger partial charge in [0.15, 0.2) is 0 Å². The van der Waals surface area contributed by atoms with Gasteiger partial charge < -0.3 is 24.4 Å². The molecule has 39 heavy (non-hydrogen) atoms. The number of carbonyl (C=O) groups is 2. The maximum atomic E-state index is 13.3. The molecule has 9 nitrogen and oxygen atoms in total. The van der Waals surface area contributed by atoms with Crippen LogP contribution in [0.3, 0.4) is 0 Å². The lowest BCUT2D eigenvalue weighted by molar-refractivity contribution is -0.113. The lowest BCUT2D eigenvalue weighted by Crippen LogP contribution is -2.35. The van der Waals surface area contributed by atoms with Crippen molar-refractivity contribution in [2.45, 2.75) is 59.0 Å². The van der Waals surface area contributed by atoms with Gasteiger partial charge in [-0.1, -0.05) is 35.5 Å². The van der Waals surface area contributed by atoms with Crippen LogP contribution < -0.4 is 5.32 Å². The van der Waals surface area contributed by atoms with E-state index < -0.39 is 5.60 Å². The minimum atomic E-state index is -0.516. The average molecular weight is 530 g/mol. The molecule has 2 amide bonds. The van der Waals surface area contributed by atoms with E-state index in [1.165, 1.54) is 0 Å². The van der Waals surface area contributed by atoms with Gasteiger partial charge in [0.25, 0.3) is 5.91 Å². The highest BCUT2D eigenvalue weighted by atomic mass is 16.6. The summed E-state index contributed by atoms with van der Waals surface area (Å²) in [5, 5.41) is 7.27. The van der Waals surface area contributed by atoms with E-state index in [9.17, 15) is 9.59 Å². The Bertz CT molecular complexity index is 1380. The number of aryl methyl sites for hydroxylation is 1. The second kappa shape index (κ2) is 10.9. The Balaban J connectivity index is 1.24. The van der Waals surface area contributed by atoms with E-state index in [4.69, 9.17) is 9.26 Å². The highest BCUT2D eigenvalue weighted by Crippen LogP contribution is 2.28. The number of aromatic nitrogens is 2. The number of allylic oxidation sites excluding steroid dienone is 5. The highest BCUT2D eigenvalue weighted by molar-refractivity contribution is 6.04. The van der Waals surface area contributed by atoms with Crippen LogP contribution in [0.15, 0.2) is 70.7 Å². The summed E-state index contributed by atoms with van der Waals surface area (Å²) < 4.78 is 11.0. The van der Waals surface area contributed by atoms with Crippen LogP contribution >= 0.6 is 0 Å². The summed E-state index contributed by atoms with van der Waals surface area (Å²) in [6, 6.07) is 5.73. The van der Waals surface area contributed by atoms with Crippen LogP contribution in [-0.2, 0) is 16.0 Å². The molecule has 0 radical (unpaired) electrons. The quantitative estimate of drug-likeness (QED) is 0.528. The Labute approximate surface area is 228 Å². The zero-order chi connectivity index (χ0) is 27.6. The number of anilines is 1. The molecule has 4 heterocycles. The molecule has 1 fully saturated rings. The number of fused-ring (bicyclic) bond motifs is 1. The third-order valence-corrected chi connectivity index (χ3v) is 6.85. The molecule has 1 aromatic heterocycles. The Morgan fingerprint density at radius 1 is 1.18 bits per heavy atom. The predicted octanol–water partition coefficient (Wildman–Crippen LogP) is 5.73. The molecule has 9 heteroatoms. The van der Waals surface area contributed by atoms with Gasteiger partial charge in [-0.2, -0.15) is 4.98 Å². The molecule has 5 rings (SSSR count). The topological polar surface area (TPSA) is 101 Å². The summed E-state index contributed by atoms with van der Waals surface area (Å²) in [5.74, 6) is 1.04. The molecule has 1 atom stereocenters. The molecule has 3 aliphatic rings. The molecular weight excluding hydrogens is 494 g/mol. The monoisotopic (exact) mass is 529 g/mol. The summed E-state index contributed by atoms with van der Waals surface area (Å²) in [5.41, 5.74) is 3.46. The number of rotatable bonds is 5. The van der Waals surface area contributed by atoms with Crippen LogP contribution in [0.25, 0.3) is 11.4 Å². The molecule has 1 saturated heterocycles. The van der Waals surface area contributed by atoms with E-state index >= 15 is 0 Å². The first-order valence-corrected chi connectivity index (χ1v) is 13.4. The van der Waals surface area contributed by atoms with Crippen LogP contribution in [0.1, 0.15) is 51.5 Å². The standard InChI is InChI=1S/C30H35N5O4/c1-20-12-13-22(18-24(20)31-28(36)25-11-6-5-9-23-10-7-8-15-35(23)25)27-32-26(39-33-27)17-21-14-16-34(19-21)29(37)38-30(2,3)4/h7-13,15,18,21H,5-6,14,16-17,19H2,1-4H3,(H,31,36). The first-order chi connectivity index (χ1) is 18.7. The highest BCUT2D eigenvalue weighted by Gasteiger charge is 2.31. The zero-order valence-electron chi connectivity index (χ0n) is 22.9. The molecular formula is C30H35N5O4. The van der Waals surface area contributed by atoms with Gasteiger partial charge in [-0.25, -0.2) is 4.79 Å². The van der Waals surface area contributed by atoms with Crippen LogP contribution in [0.2, 0.25) is 0 Å². The van der Waals surface area contributed by atoms with Gasteiger partial charge in [0.1, 0.15) is 11.3 Å². The number of hydrogen-bond acceptors (Lipinski definition) is 7. The SMILES string of the molecule is Cc1ccc(-c2noc(CC3CCN(C(=O)OC(C)(C)C)C3)n2)cc1NC(=O)C1=CCCC=C2C=CC=CN21. The van der Waals surface area contributed by atoms with Crippen molar-refractivity contribution in [2.75, 3.05) is 18.4 Å². The molecule has 0 aliphatic carbocycles. The van der Waals surface area contributed by atoms with Crippen molar-refractivity contribution in [3.05, 3.63) is 77.6 Å². The average Bonchev–Trinajstić information content (AvgIpc) is 3.50. The van der Waals surface area contributed by atoms with Crippen molar-refractivity contribution in [1.82, 2.24) is 19.9 Å². The molecule has 1 N–H and O–H groups in total. The number of ether oxygens (including phenoxy) is 1. The number of carbonyl (C=O) groups excluding carboxylic acids is 2. The van der Waals surface area contributed by atoms with Gasteiger partial charge >= 0.3 is 6.09 Å². The minimum Gasteiger partial charge on any atom is -0.444 e. The van der Waals surface area contributed by atoms with Gasteiger partial charge in [0.05, 0.1) is 0 Å². The summed E-state index contributed by atoms with van der Waals surface area (Å²) in [6.45, 7) is 8.80. The number of nitrogens with zero attached hydrogens (tertiary/aromatic N) is 4. The second-order valence-corrected chi connectivity index (χ2v) is 11.1. The van der Waals surface area contributed by atoms with Crippen molar-refractivity contribution >= 4 is 17.7 Å². The first kappa shape index (κ1) is 26.5. The van der Waals surface area contributed by atoms with E-state index in [1.807, 2.05) is 81.3 Å². The second-order valence-electron chi connectivity index (χ2n) is 11.1. The van der Waals surface area contributed by atoms with Crippen LogP contribution in [0, 0.1) is 12.8 Å². The summed E-state index contributed by atoms with van der Waals surface area (Å²) >= 11 is 0. The van der Waals surface area contributed by atoms with Crippen molar-refractivity contribution < 1.29 is 18.8 Å². The van der Waals surface area contributed by atoms with Gasteiger partial charge in [-0.05, 0) is 76.7 Å². The number of likely N-dealkylation sites (tertiary alicyclic amines) is 1. The van der Waals surface area contributed by atoms with Gasteiger partial charge in [0, 0.05) is 42.7 Å². The Kier molecular flexibility index (Phi) is 7.41. The van der Waals surface area contributed by atoms with E-state index in [1.54, 1.807) is 4.90 Å². The molecule has 3 aliphatic heterocycles. The van der Waals surface area contributed by atoms with Crippen LogP contribution in [0.5, 0.6) is 0 Å². The summed E-state index contributed by atoms with van der Waals surface area (Å²) in [4.78, 5) is 34.0. The summed E-state index contributed by atoms with van der Waals surface area (Å²) in [7, 11) is 0. The first-order valence-electron chi connectivity index (χ1n) is 13.4. The zero-order valence-corrected chi connectivity index (χ0v) is 22.9. The maximum Gasteiger partial charge on any atom is 0.410 e. The number of nitrogens with one attached hydrogen (secondary N) is 1. The Hall–Kier alpha value is -4.14. The molecule has 2 aromatic rings. The molecule has 0 spiro atoms. The van der Waals surface area contributed by atoms with Crippen LogP contribution in [0.4, 0.5) is 10.5 Å². The molecule has 204 valence electrons. The Morgan fingerprint density at radius 3 is 2.82 bits per heavy atom. The fourth-order valence-electron chi connectivity index (χ4n) is 4.87. The lowest BCUT2D eigenvalue weighted by Gasteiger charge is -2.25. The van der Waals surface area contributed by atoms with Crippen LogP contribution in [-0.4, -0.2) is 50.6 Å². The van der Waals surface area contributed by atoms with E-state index in [0.717, 1.165) is 36.1 Å². The number of amides is 2. The maximum absolute atomic E-state index is 13.3. The third-order valence-electron chi connectivity index (χ3n) is 6.85. The lowest BCUT2D eigenvalue weighted by atomic mass is 10.1. The van der Waals surface area contributed by atoms with E-state index in [-0.39, 0.29) is 17.9 Å². The van der Waals surface area contributed by atoms with Crippen molar-refractivity contribution in [3.8, 4) is 11.4 Å². The van der Waals surface area contributed by atoms with E-state index in [0.29, 0.717) is 42.6 Å². The fraction of sp³-hybridized carbons (Fsp3) is 0.400. The summed E-state index contributed by atoms with van der Waals surface area (Å²) in [6.07, 6.45) is 14.7. The van der Waals surface area contributed by atoms with Gasteiger partial charge in [0.2, 0.25) is 11.7 Å². The Morgan fingerprint density at radius 2 is 2.00 bits per heavy atom. The third kappa shape index (κ3) is 6.30. The van der Waals surface area contributed by atoms with Crippen molar-refractivity contribution in [1.29, 1.82) is 0 Å². The largest absolute Gasteiger partial charge is 0.444 e. The van der Waals surface area contributed by atoms with Crippen molar-refractivity contribution in [3.63, 3.8) is 0 Å². The molecule has 0 bridgehead atoms. The van der Waals surface area contributed by atoms with E-state index in [2.05, 4.69) is 21.5 Å². The van der Waals surface area contributed by atoms with Gasteiger partial charge in [-0.15, -0.1) is 0 Å². The molecule has 1 unspecified atom stereocenters.